The van der Waals surface area contributed by atoms with Crippen LogP contribution in [0.4, 0.5) is 11.4 Å². The minimum absolute atomic E-state index is 0.0889. The fourth-order valence-electron chi connectivity index (χ4n) is 4.06. The van der Waals surface area contributed by atoms with Gasteiger partial charge in [0.05, 0.1) is 25.3 Å². The molecule has 1 atom stereocenters. The van der Waals surface area contributed by atoms with Crippen LogP contribution in [-0.4, -0.2) is 49.9 Å². The van der Waals surface area contributed by atoms with Crippen molar-refractivity contribution < 1.29 is 19.1 Å². The maximum atomic E-state index is 13.0. The molecule has 0 radical (unpaired) electrons. The van der Waals surface area contributed by atoms with Crippen LogP contribution in [0.1, 0.15) is 6.42 Å². The number of hydrogen-bond donors (Lipinski definition) is 1. The zero-order valence-corrected chi connectivity index (χ0v) is 18.1. The molecular formula is C25H25N3O4. The quantitative estimate of drug-likeness (QED) is 0.650. The Morgan fingerprint density at radius 1 is 1.09 bits per heavy atom. The van der Waals surface area contributed by atoms with Crippen molar-refractivity contribution in [1.82, 2.24) is 4.90 Å². The molecule has 0 spiro atoms. The number of benzene rings is 3. The van der Waals surface area contributed by atoms with Gasteiger partial charge in [0.25, 0.3) is 0 Å². The molecule has 0 aliphatic carbocycles. The van der Waals surface area contributed by atoms with Gasteiger partial charge < -0.3 is 19.9 Å². The molecule has 3 amide bonds. The van der Waals surface area contributed by atoms with E-state index in [0.717, 1.165) is 16.5 Å². The number of rotatable bonds is 6. The molecule has 4 rings (SSSR count). The van der Waals surface area contributed by atoms with Crippen molar-refractivity contribution in [1.29, 1.82) is 0 Å². The number of nitrogens with zero attached hydrogens (tertiary/aromatic N) is 2. The van der Waals surface area contributed by atoms with Gasteiger partial charge in [-0.05, 0) is 23.6 Å². The normalized spacial score (nSPS) is 15.6. The summed E-state index contributed by atoms with van der Waals surface area (Å²) in [6.45, 7) is 0.197. The van der Waals surface area contributed by atoms with Gasteiger partial charge in [0.1, 0.15) is 5.75 Å². The van der Waals surface area contributed by atoms with E-state index < -0.39 is 5.92 Å². The number of fused-ring (bicyclic) bond motifs is 1. The lowest BCUT2D eigenvalue weighted by atomic mass is 10.1. The molecule has 1 N–H and O–H groups in total. The third kappa shape index (κ3) is 4.42. The summed E-state index contributed by atoms with van der Waals surface area (Å²) in [5, 5.41) is 4.78. The van der Waals surface area contributed by atoms with Gasteiger partial charge in [0.15, 0.2) is 0 Å². The second kappa shape index (κ2) is 9.09. The molecule has 0 aromatic heterocycles. The Kier molecular flexibility index (Phi) is 6.07. The van der Waals surface area contributed by atoms with Crippen molar-refractivity contribution >= 4 is 39.9 Å². The van der Waals surface area contributed by atoms with Gasteiger partial charge in [-0.2, -0.15) is 0 Å². The lowest BCUT2D eigenvalue weighted by Gasteiger charge is -2.22. The van der Waals surface area contributed by atoms with Gasteiger partial charge in [-0.1, -0.05) is 42.5 Å². The molecule has 1 fully saturated rings. The number of carbonyl (C=O) groups excluding carboxylic acids is 3. The minimum Gasteiger partial charge on any atom is -0.497 e. The Labute approximate surface area is 186 Å². The van der Waals surface area contributed by atoms with Crippen LogP contribution in [-0.2, 0) is 14.4 Å². The molecule has 1 saturated heterocycles. The van der Waals surface area contributed by atoms with E-state index in [9.17, 15) is 14.4 Å². The lowest BCUT2D eigenvalue weighted by Crippen LogP contribution is -2.39. The molecule has 164 valence electrons. The molecular weight excluding hydrogens is 406 g/mol. The molecule has 3 aromatic carbocycles. The minimum atomic E-state index is -0.490. The van der Waals surface area contributed by atoms with Gasteiger partial charge in [-0.25, -0.2) is 0 Å². The number of methoxy groups -OCH3 is 1. The van der Waals surface area contributed by atoms with Crippen molar-refractivity contribution in [3.8, 4) is 5.75 Å². The summed E-state index contributed by atoms with van der Waals surface area (Å²) in [6.07, 6.45) is 0.129. The van der Waals surface area contributed by atoms with Crippen LogP contribution in [0.3, 0.4) is 0 Å². The van der Waals surface area contributed by atoms with Crippen LogP contribution in [0, 0.1) is 5.92 Å². The van der Waals surface area contributed by atoms with Crippen LogP contribution in [0.25, 0.3) is 10.8 Å². The van der Waals surface area contributed by atoms with Gasteiger partial charge in [-0.15, -0.1) is 0 Å². The summed E-state index contributed by atoms with van der Waals surface area (Å²) in [5.74, 6) is -0.485. The first kappa shape index (κ1) is 21.4. The van der Waals surface area contributed by atoms with E-state index in [-0.39, 0.29) is 30.7 Å². The SMILES string of the molecule is COc1cccc(NC(=O)CN(C)C(=O)C2CC(=O)N(c3cccc4ccccc34)C2)c1. The Morgan fingerprint density at radius 3 is 2.66 bits per heavy atom. The highest BCUT2D eigenvalue weighted by molar-refractivity contribution is 6.07. The van der Waals surface area contributed by atoms with Crippen LogP contribution in [0.15, 0.2) is 66.7 Å². The van der Waals surface area contributed by atoms with Crippen molar-refractivity contribution in [2.75, 3.05) is 37.5 Å². The predicted octanol–water partition coefficient (Wildman–Crippen LogP) is 3.30. The Hall–Kier alpha value is -3.87. The summed E-state index contributed by atoms with van der Waals surface area (Å²) in [7, 11) is 3.14. The summed E-state index contributed by atoms with van der Waals surface area (Å²) in [4.78, 5) is 41.2. The number of likely N-dealkylation sites (N-methyl/N-ethyl adjacent to an activating group) is 1. The second-order valence-electron chi connectivity index (χ2n) is 7.88. The zero-order chi connectivity index (χ0) is 22.7. The number of ether oxygens (including phenoxy) is 1. The van der Waals surface area contributed by atoms with E-state index >= 15 is 0 Å². The number of hydrogen-bond acceptors (Lipinski definition) is 4. The second-order valence-corrected chi connectivity index (χ2v) is 7.88. The summed E-state index contributed by atoms with van der Waals surface area (Å²) in [6, 6.07) is 20.7. The first-order valence-corrected chi connectivity index (χ1v) is 10.4. The summed E-state index contributed by atoms with van der Waals surface area (Å²) >= 11 is 0. The largest absolute Gasteiger partial charge is 0.497 e. The van der Waals surface area contributed by atoms with E-state index in [4.69, 9.17) is 4.74 Å². The fourth-order valence-corrected chi connectivity index (χ4v) is 4.06. The number of amides is 3. The van der Waals surface area contributed by atoms with Gasteiger partial charge in [-0.3, -0.25) is 14.4 Å². The third-order valence-electron chi connectivity index (χ3n) is 5.64. The maximum Gasteiger partial charge on any atom is 0.243 e. The Morgan fingerprint density at radius 2 is 1.84 bits per heavy atom. The van der Waals surface area contributed by atoms with Crippen molar-refractivity contribution in [2.45, 2.75) is 6.42 Å². The smallest absolute Gasteiger partial charge is 0.243 e. The van der Waals surface area contributed by atoms with Crippen LogP contribution < -0.4 is 15.0 Å². The monoisotopic (exact) mass is 431 g/mol. The van der Waals surface area contributed by atoms with E-state index in [1.807, 2.05) is 42.5 Å². The van der Waals surface area contributed by atoms with Crippen LogP contribution in [0.2, 0.25) is 0 Å². The highest BCUT2D eigenvalue weighted by atomic mass is 16.5. The van der Waals surface area contributed by atoms with Crippen molar-refractivity contribution in [3.05, 3.63) is 66.7 Å². The Balaban J connectivity index is 1.41. The first-order valence-electron chi connectivity index (χ1n) is 10.4. The fraction of sp³-hybridized carbons (Fsp3) is 0.240. The number of anilines is 2. The summed E-state index contributed by atoms with van der Waals surface area (Å²) < 4.78 is 5.15. The first-order chi connectivity index (χ1) is 15.5. The van der Waals surface area contributed by atoms with Gasteiger partial charge in [0, 0.05) is 37.2 Å². The molecule has 3 aromatic rings. The predicted molar refractivity (Wildman–Crippen MR) is 124 cm³/mol. The topological polar surface area (TPSA) is 79.0 Å². The van der Waals surface area contributed by atoms with Gasteiger partial charge in [0.2, 0.25) is 17.7 Å². The lowest BCUT2D eigenvalue weighted by molar-refractivity contribution is -0.137. The molecule has 1 unspecified atom stereocenters. The third-order valence-corrected chi connectivity index (χ3v) is 5.64. The van der Waals surface area contributed by atoms with E-state index in [1.54, 1.807) is 43.3 Å². The molecule has 7 heteroatoms. The molecule has 7 nitrogen and oxygen atoms in total. The molecule has 1 aliphatic rings. The standard InChI is InChI=1S/C25H25N3O4/c1-27(16-23(29)26-19-9-6-10-20(14-19)32-2)25(31)18-13-24(30)28(15-18)22-12-5-8-17-7-3-4-11-21(17)22/h3-12,14,18H,13,15-16H2,1-2H3,(H,26,29). The van der Waals surface area contributed by atoms with E-state index in [2.05, 4.69) is 5.32 Å². The zero-order valence-electron chi connectivity index (χ0n) is 18.1. The highest BCUT2D eigenvalue weighted by Gasteiger charge is 2.37. The number of nitrogens with one attached hydrogen (secondary N) is 1. The average molecular weight is 431 g/mol. The Bertz CT molecular complexity index is 1170. The van der Waals surface area contributed by atoms with Gasteiger partial charge >= 0.3 is 0 Å². The van der Waals surface area contributed by atoms with Crippen LogP contribution >= 0.6 is 0 Å². The van der Waals surface area contributed by atoms with Crippen LogP contribution in [0.5, 0.6) is 5.75 Å². The molecule has 1 heterocycles. The number of carbonyl (C=O) groups is 3. The average Bonchev–Trinajstić information content (AvgIpc) is 3.19. The molecule has 0 saturated carbocycles. The highest BCUT2D eigenvalue weighted by Crippen LogP contribution is 2.32. The molecule has 0 bridgehead atoms. The van der Waals surface area contributed by atoms with Crippen molar-refractivity contribution in [2.24, 2.45) is 5.92 Å². The summed E-state index contributed by atoms with van der Waals surface area (Å²) in [5.41, 5.74) is 1.40. The van der Waals surface area contributed by atoms with Crippen molar-refractivity contribution in [3.63, 3.8) is 0 Å². The van der Waals surface area contributed by atoms with E-state index in [1.165, 1.54) is 4.90 Å². The molecule has 1 aliphatic heterocycles. The maximum absolute atomic E-state index is 13.0. The van der Waals surface area contributed by atoms with E-state index in [0.29, 0.717) is 18.0 Å². The molecule has 32 heavy (non-hydrogen) atoms.